The molecule has 2 aromatic rings. The lowest BCUT2D eigenvalue weighted by Gasteiger charge is -2.07. The van der Waals surface area contributed by atoms with Crippen molar-refractivity contribution in [2.45, 2.75) is 6.92 Å². The van der Waals surface area contributed by atoms with Crippen LogP contribution in [0.15, 0.2) is 30.5 Å². The minimum absolute atomic E-state index is 0.202. The van der Waals surface area contributed by atoms with Crippen LogP contribution in [-0.4, -0.2) is 4.98 Å². The molecule has 16 heavy (non-hydrogen) atoms. The Morgan fingerprint density at radius 3 is 2.69 bits per heavy atom. The summed E-state index contributed by atoms with van der Waals surface area (Å²) < 4.78 is 27.5. The van der Waals surface area contributed by atoms with Crippen molar-refractivity contribution in [3.05, 3.63) is 51.2 Å². The van der Waals surface area contributed by atoms with E-state index in [-0.39, 0.29) is 5.56 Å². The van der Waals surface area contributed by atoms with Crippen molar-refractivity contribution in [1.82, 2.24) is 4.98 Å². The summed E-state index contributed by atoms with van der Waals surface area (Å²) in [5.74, 6) is -1.70. The molecule has 0 aliphatic heterocycles. The number of nitrogens with zero attached hydrogens (tertiary/aromatic N) is 1. The number of hydrogen-bond acceptors (Lipinski definition) is 1. The van der Waals surface area contributed by atoms with E-state index in [4.69, 9.17) is 0 Å². The van der Waals surface area contributed by atoms with Gasteiger partial charge in [0.25, 0.3) is 0 Å². The fraction of sp³-hybridized carbons (Fsp3) is 0.0833. The van der Waals surface area contributed by atoms with Gasteiger partial charge in [-0.1, -0.05) is 6.07 Å². The highest BCUT2D eigenvalue weighted by molar-refractivity contribution is 14.1. The molecule has 82 valence electrons. The van der Waals surface area contributed by atoms with E-state index in [1.807, 2.05) is 13.0 Å². The Kier molecular flexibility index (Phi) is 3.18. The average molecular weight is 331 g/mol. The standard InChI is InChI=1S/C12H8F2IN/c1-7-5-6-16-12(11(7)15)8-3-2-4-9(13)10(8)14/h2-6H,1H3. The molecular weight excluding hydrogens is 323 g/mol. The lowest BCUT2D eigenvalue weighted by Crippen LogP contribution is -1.95. The first-order chi connectivity index (χ1) is 7.61. The van der Waals surface area contributed by atoms with E-state index in [0.717, 1.165) is 15.2 Å². The van der Waals surface area contributed by atoms with Gasteiger partial charge in [-0.15, -0.1) is 0 Å². The summed E-state index contributed by atoms with van der Waals surface area (Å²) in [4.78, 5) is 4.10. The van der Waals surface area contributed by atoms with Gasteiger partial charge < -0.3 is 0 Å². The number of halogens is 3. The second-order valence-corrected chi connectivity index (χ2v) is 4.47. The minimum atomic E-state index is -0.850. The average Bonchev–Trinajstić information content (AvgIpc) is 2.27. The van der Waals surface area contributed by atoms with Gasteiger partial charge in [0.15, 0.2) is 11.6 Å². The van der Waals surface area contributed by atoms with Crippen LogP contribution in [0.5, 0.6) is 0 Å². The first kappa shape index (κ1) is 11.4. The number of aromatic nitrogens is 1. The second-order valence-electron chi connectivity index (χ2n) is 3.39. The first-order valence-corrected chi connectivity index (χ1v) is 5.74. The molecule has 0 N–H and O–H groups in total. The summed E-state index contributed by atoms with van der Waals surface area (Å²) in [5.41, 5.74) is 1.68. The van der Waals surface area contributed by atoms with Crippen molar-refractivity contribution >= 4 is 22.6 Å². The molecule has 4 heteroatoms. The number of hydrogen-bond donors (Lipinski definition) is 0. The third kappa shape index (κ3) is 1.93. The molecule has 0 atom stereocenters. The monoisotopic (exact) mass is 331 g/mol. The number of aryl methyl sites for hydroxylation is 1. The molecule has 0 bridgehead atoms. The molecule has 0 saturated heterocycles. The van der Waals surface area contributed by atoms with Gasteiger partial charge in [0.1, 0.15) is 0 Å². The molecule has 0 aliphatic rings. The third-order valence-electron chi connectivity index (χ3n) is 2.29. The highest BCUT2D eigenvalue weighted by Gasteiger charge is 2.14. The van der Waals surface area contributed by atoms with Gasteiger partial charge >= 0.3 is 0 Å². The van der Waals surface area contributed by atoms with Crippen LogP contribution in [0.1, 0.15) is 5.56 Å². The van der Waals surface area contributed by atoms with Crippen LogP contribution in [0.3, 0.4) is 0 Å². The van der Waals surface area contributed by atoms with Gasteiger partial charge in [-0.25, -0.2) is 8.78 Å². The van der Waals surface area contributed by atoms with Crippen LogP contribution in [0.25, 0.3) is 11.3 Å². The van der Waals surface area contributed by atoms with E-state index in [9.17, 15) is 8.78 Å². The zero-order valence-electron chi connectivity index (χ0n) is 8.47. The topological polar surface area (TPSA) is 12.9 Å². The predicted octanol–water partition coefficient (Wildman–Crippen LogP) is 3.94. The van der Waals surface area contributed by atoms with Crippen LogP contribution in [-0.2, 0) is 0 Å². The molecule has 0 aliphatic carbocycles. The van der Waals surface area contributed by atoms with E-state index in [2.05, 4.69) is 27.6 Å². The summed E-state index contributed by atoms with van der Waals surface area (Å²) >= 11 is 2.09. The molecule has 1 heterocycles. The van der Waals surface area contributed by atoms with E-state index < -0.39 is 11.6 Å². The van der Waals surface area contributed by atoms with Crippen LogP contribution >= 0.6 is 22.6 Å². The van der Waals surface area contributed by atoms with Gasteiger partial charge in [-0.05, 0) is 53.3 Å². The van der Waals surface area contributed by atoms with Crippen molar-refractivity contribution in [2.24, 2.45) is 0 Å². The molecule has 0 unspecified atom stereocenters. The molecule has 0 fully saturated rings. The van der Waals surface area contributed by atoms with Gasteiger partial charge in [-0.2, -0.15) is 0 Å². The molecule has 2 rings (SSSR count). The van der Waals surface area contributed by atoms with E-state index in [1.165, 1.54) is 12.1 Å². The Balaban J connectivity index is 2.68. The van der Waals surface area contributed by atoms with Crippen LogP contribution in [0.4, 0.5) is 8.78 Å². The van der Waals surface area contributed by atoms with E-state index in [0.29, 0.717) is 5.69 Å². The Hall–Kier alpha value is -1.04. The Bertz CT molecular complexity index is 491. The summed E-state index contributed by atoms with van der Waals surface area (Å²) in [5, 5.41) is 0. The Morgan fingerprint density at radius 1 is 1.19 bits per heavy atom. The van der Waals surface area contributed by atoms with Crippen molar-refractivity contribution in [3.8, 4) is 11.3 Å². The third-order valence-corrected chi connectivity index (χ3v) is 3.65. The summed E-state index contributed by atoms with van der Waals surface area (Å²) in [6.07, 6.45) is 1.59. The zero-order chi connectivity index (χ0) is 11.7. The van der Waals surface area contributed by atoms with Crippen LogP contribution in [0.2, 0.25) is 0 Å². The maximum absolute atomic E-state index is 13.6. The highest BCUT2D eigenvalue weighted by Crippen LogP contribution is 2.28. The normalized spacial score (nSPS) is 10.5. The molecule has 0 amide bonds. The largest absolute Gasteiger partial charge is 0.255 e. The maximum Gasteiger partial charge on any atom is 0.168 e. The minimum Gasteiger partial charge on any atom is -0.255 e. The molecule has 0 radical (unpaired) electrons. The van der Waals surface area contributed by atoms with Gasteiger partial charge in [-0.3, -0.25) is 4.98 Å². The van der Waals surface area contributed by atoms with Crippen LogP contribution < -0.4 is 0 Å². The fourth-order valence-electron chi connectivity index (χ4n) is 1.41. The van der Waals surface area contributed by atoms with Crippen LogP contribution in [0, 0.1) is 22.1 Å². The first-order valence-electron chi connectivity index (χ1n) is 4.66. The fourth-order valence-corrected chi connectivity index (χ4v) is 2.02. The summed E-state index contributed by atoms with van der Waals surface area (Å²) in [6.45, 7) is 1.91. The smallest absolute Gasteiger partial charge is 0.168 e. The summed E-state index contributed by atoms with van der Waals surface area (Å²) in [6, 6.07) is 5.94. The zero-order valence-corrected chi connectivity index (χ0v) is 10.6. The predicted molar refractivity (Wildman–Crippen MR) is 67.0 cm³/mol. The second kappa shape index (κ2) is 4.45. The maximum atomic E-state index is 13.6. The molecule has 1 nitrogen and oxygen atoms in total. The van der Waals surface area contributed by atoms with Crippen molar-refractivity contribution < 1.29 is 8.78 Å². The number of rotatable bonds is 1. The van der Waals surface area contributed by atoms with Crippen molar-refractivity contribution in [3.63, 3.8) is 0 Å². The lowest BCUT2D eigenvalue weighted by molar-refractivity contribution is 0.511. The van der Waals surface area contributed by atoms with E-state index in [1.54, 1.807) is 6.20 Å². The molecule has 0 spiro atoms. The molecule has 1 aromatic carbocycles. The number of benzene rings is 1. The number of pyridine rings is 1. The quantitative estimate of drug-likeness (QED) is 0.722. The highest BCUT2D eigenvalue weighted by atomic mass is 127. The molecule has 1 aromatic heterocycles. The Morgan fingerprint density at radius 2 is 1.94 bits per heavy atom. The van der Waals surface area contributed by atoms with Gasteiger partial charge in [0.2, 0.25) is 0 Å². The van der Waals surface area contributed by atoms with Crippen molar-refractivity contribution in [1.29, 1.82) is 0 Å². The lowest BCUT2D eigenvalue weighted by atomic mass is 10.1. The van der Waals surface area contributed by atoms with Crippen molar-refractivity contribution in [2.75, 3.05) is 0 Å². The van der Waals surface area contributed by atoms with Gasteiger partial charge in [0, 0.05) is 15.3 Å². The van der Waals surface area contributed by atoms with E-state index >= 15 is 0 Å². The summed E-state index contributed by atoms with van der Waals surface area (Å²) in [7, 11) is 0. The Labute approximate surface area is 106 Å². The molecule has 0 saturated carbocycles. The SMILES string of the molecule is Cc1ccnc(-c2cccc(F)c2F)c1I. The van der Waals surface area contributed by atoms with Gasteiger partial charge in [0.05, 0.1) is 5.69 Å². The molecular formula is C12H8F2IN.